The molecule has 3 aromatic carbocycles. The Balaban J connectivity index is 1.32. The van der Waals surface area contributed by atoms with Gasteiger partial charge in [-0.2, -0.15) is 5.10 Å². The number of sulfonamides is 1. The number of nitrogens with zero attached hydrogens (tertiary/aromatic N) is 4. The van der Waals surface area contributed by atoms with Gasteiger partial charge in [0.15, 0.2) is 0 Å². The molecular weight excluding hydrogens is 468 g/mol. The highest BCUT2D eigenvalue weighted by Gasteiger charge is 2.21. The van der Waals surface area contributed by atoms with E-state index in [0.717, 1.165) is 5.69 Å². The maximum atomic E-state index is 12.9. The van der Waals surface area contributed by atoms with E-state index in [0.29, 0.717) is 11.4 Å². The van der Waals surface area contributed by atoms with Gasteiger partial charge in [0.1, 0.15) is 12.7 Å². The molecular formula is C24H22N6O4S. The molecule has 0 spiro atoms. The molecule has 0 bridgehead atoms. The van der Waals surface area contributed by atoms with Crippen LogP contribution in [0.25, 0.3) is 5.69 Å². The fraction of sp³-hybridized carbons (Fsp3) is 0.0833. The number of benzene rings is 3. The minimum Gasteiger partial charge on any atom is -0.343 e. The first kappa shape index (κ1) is 23.6. The van der Waals surface area contributed by atoms with E-state index >= 15 is 0 Å². The second-order valence-corrected chi connectivity index (χ2v) is 9.42. The average molecular weight is 491 g/mol. The summed E-state index contributed by atoms with van der Waals surface area (Å²) in [5, 5.41) is 9.25. The van der Waals surface area contributed by atoms with Crippen LogP contribution < -0.4 is 14.9 Å². The minimum atomic E-state index is -3.78. The van der Waals surface area contributed by atoms with Crippen molar-refractivity contribution in [1.29, 1.82) is 0 Å². The van der Waals surface area contributed by atoms with E-state index in [1.54, 1.807) is 65.6 Å². The molecule has 10 nitrogen and oxygen atoms in total. The Hall–Kier alpha value is -4.51. The molecule has 0 radical (unpaired) electrons. The molecule has 4 rings (SSSR count). The van der Waals surface area contributed by atoms with Crippen LogP contribution in [0.4, 0.5) is 11.4 Å². The number of anilines is 2. The molecule has 11 heteroatoms. The van der Waals surface area contributed by atoms with Gasteiger partial charge in [-0.1, -0.05) is 18.2 Å². The molecule has 0 saturated heterocycles. The quantitative estimate of drug-likeness (QED) is 0.391. The van der Waals surface area contributed by atoms with E-state index in [1.807, 2.05) is 0 Å². The van der Waals surface area contributed by atoms with Crippen LogP contribution in [-0.4, -0.2) is 48.6 Å². The van der Waals surface area contributed by atoms with Crippen LogP contribution in [0.1, 0.15) is 10.4 Å². The smallest absolute Gasteiger partial charge is 0.264 e. The van der Waals surface area contributed by atoms with Crippen LogP contribution in [0, 0.1) is 0 Å². The molecule has 0 saturated carbocycles. The molecule has 0 fully saturated rings. The Morgan fingerprint density at radius 3 is 2.26 bits per heavy atom. The maximum Gasteiger partial charge on any atom is 0.264 e. The van der Waals surface area contributed by atoms with Crippen LogP contribution >= 0.6 is 0 Å². The lowest BCUT2D eigenvalue weighted by Crippen LogP contribution is -2.33. The largest absolute Gasteiger partial charge is 0.343 e. The van der Waals surface area contributed by atoms with Gasteiger partial charge in [-0.05, 0) is 60.7 Å². The minimum absolute atomic E-state index is 0.0486. The Morgan fingerprint density at radius 2 is 1.63 bits per heavy atom. The summed E-state index contributed by atoms with van der Waals surface area (Å²) in [7, 11) is -2.32. The Morgan fingerprint density at radius 1 is 0.943 bits per heavy atom. The van der Waals surface area contributed by atoms with E-state index in [4.69, 9.17) is 0 Å². The van der Waals surface area contributed by atoms with Gasteiger partial charge in [-0.25, -0.2) is 18.1 Å². The number of aromatic nitrogens is 3. The fourth-order valence-electron chi connectivity index (χ4n) is 3.22. The van der Waals surface area contributed by atoms with Gasteiger partial charge in [0.2, 0.25) is 5.91 Å². The summed E-state index contributed by atoms with van der Waals surface area (Å²) in [6.45, 7) is -0.250. The zero-order valence-electron chi connectivity index (χ0n) is 18.7. The van der Waals surface area contributed by atoms with E-state index in [-0.39, 0.29) is 17.0 Å². The molecule has 2 N–H and O–H groups in total. The van der Waals surface area contributed by atoms with Gasteiger partial charge in [-0.15, -0.1) is 0 Å². The van der Waals surface area contributed by atoms with Gasteiger partial charge in [-0.3, -0.25) is 13.9 Å². The summed E-state index contributed by atoms with van der Waals surface area (Å²) in [6, 6.07) is 21.2. The van der Waals surface area contributed by atoms with Crippen molar-refractivity contribution >= 4 is 33.2 Å². The summed E-state index contributed by atoms with van der Waals surface area (Å²) >= 11 is 0. The summed E-state index contributed by atoms with van der Waals surface area (Å²) < 4.78 is 28.5. The SMILES string of the molecule is CN(c1ccccc1)S(=O)(=O)c1ccc(C(=O)NCC(=O)Nc2ccc(-n3cncn3)cc2)cc1. The molecule has 0 unspecified atom stereocenters. The molecule has 0 aliphatic rings. The summed E-state index contributed by atoms with van der Waals surface area (Å²) in [5.41, 5.74) is 2.10. The van der Waals surface area contributed by atoms with E-state index in [1.165, 1.54) is 41.9 Å². The summed E-state index contributed by atoms with van der Waals surface area (Å²) in [4.78, 5) is 28.6. The number of carbonyl (C=O) groups is 2. The van der Waals surface area contributed by atoms with Gasteiger partial charge in [0.25, 0.3) is 15.9 Å². The van der Waals surface area contributed by atoms with Gasteiger partial charge in [0, 0.05) is 18.3 Å². The Kier molecular flexibility index (Phi) is 6.88. The first-order chi connectivity index (χ1) is 16.8. The van der Waals surface area contributed by atoms with Crippen LogP contribution in [0.5, 0.6) is 0 Å². The third kappa shape index (κ3) is 5.53. The van der Waals surface area contributed by atoms with Crippen molar-refractivity contribution in [1.82, 2.24) is 20.1 Å². The highest BCUT2D eigenvalue weighted by molar-refractivity contribution is 7.92. The molecule has 1 heterocycles. The van der Waals surface area contributed by atoms with Crippen molar-refractivity contribution in [2.24, 2.45) is 0 Å². The molecule has 1 aromatic heterocycles. The second-order valence-electron chi connectivity index (χ2n) is 7.45. The summed E-state index contributed by atoms with van der Waals surface area (Å²) in [5.74, 6) is -0.905. The monoisotopic (exact) mass is 490 g/mol. The number of carbonyl (C=O) groups excluding carboxylic acids is 2. The first-order valence-corrected chi connectivity index (χ1v) is 12.0. The molecule has 0 aliphatic heterocycles. The lowest BCUT2D eigenvalue weighted by atomic mass is 10.2. The summed E-state index contributed by atoms with van der Waals surface area (Å²) in [6.07, 6.45) is 2.99. The molecule has 35 heavy (non-hydrogen) atoms. The third-order valence-electron chi connectivity index (χ3n) is 5.14. The van der Waals surface area contributed by atoms with Crippen molar-refractivity contribution in [3.8, 4) is 5.69 Å². The topological polar surface area (TPSA) is 126 Å². The van der Waals surface area contributed by atoms with Crippen molar-refractivity contribution in [2.45, 2.75) is 4.90 Å². The zero-order chi connectivity index (χ0) is 24.8. The molecule has 4 aromatic rings. The lowest BCUT2D eigenvalue weighted by molar-refractivity contribution is -0.115. The van der Waals surface area contributed by atoms with Gasteiger partial charge in [0.05, 0.1) is 22.8 Å². The molecule has 2 amide bonds. The van der Waals surface area contributed by atoms with Gasteiger partial charge < -0.3 is 10.6 Å². The predicted molar refractivity (Wildman–Crippen MR) is 131 cm³/mol. The maximum absolute atomic E-state index is 12.9. The van der Waals surface area contributed by atoms with E-state index < -0.39 is 21.8 Å². The number of hydrogen-bond donors (Lipinski definition) is 2. The normalized spacial score (nSPS) is 11.0. The van der Waals surface area contributed by atoms with Crippen LogP contribution in [0.2, 0.25) is 0 Å². The van der Waals surface area contributed by atoms with Crippen LogP contribution in [0.3, 0.4) is 0 Å². The predicted octanol–water partition coefficient (Wildman–Crippen LogP) is 2.46. The van der Waals surface area contributed by atoms with Crippen molar-refractivity contribution in [2.75, 3.05) is 23.2 Å². The Labute approximate surface area is 202 Å². The van der Waals surface area contributed by atoms with Crippen LogP contribution in [-0.2, 0) is 14.8 Å². The highest BCUT2D eigenvalue weighted by Crippen LogP contribution is 2.22. The fourth-order valence-corrected chi connectivity index (χ4v) is 4.42. The van der Waals surface area contributed by atoms with Crippen molar-refractivity contribution < 1.29 is 18.0 Å². The first-order valence-electron chi connectivity index (χ1n) is 10.5. The number of para-hydroxylation sites is 1. The van der Waals surface area contributed by atoms with E-state index in [2.05, 4.69) is 20.7 Å². The van der Waals surface area contributed by atoms with Crippen molar-refractivity contribution in [3.63, 3.8) is 0 Å². The molecule has 178 valence electrons. The molecule has 0 atom stereocenters. The average Bonchev–Trinajstić information content (AvgIpc) is 3.43. The number of rotatable bonds is 8. The lowest BCUT2D eigenvalue weighted by Gasteiger charge is -2.19. The number of hydrogen-bond acceptors (Lipinski definition) is 6. The second kappa shape index (κ2) is 10.2. The number of nitrogens with one attached hydrogen (secondary N) is 2. The Bertz CT molecular complexity index is 1410. The standard InChI is InChI=1S/C24H22N6O4S/c1-29(20-5-3-2-4-6-20)35(33,34)22-13-7-18(8-14-22)24(32)26-15-23(31)28-19-9-11-21(12-10-19)30-17-25-16-27-30/h2-14,16-17H,15H2,1H3,(H,26,32)(H,28,31). The molecule has 0 aliphatic carbocycles. The van der Waals surface area contributed by atoms with Gasteiger partial charge >= 0.3 is 0 Å². The number of amides is 2. The van der Waals surface area contributed by atoms with Crippen LogP contribution in [0.15, 0.2) is 96.4 Å². The van der Waals surface area contributed by atoms with E-state index in [9.17, 15) is 18.0 Å². The highest BCUT2D eigenvalue weighted by atomic mass is 32.2. The van der Waals surface area contributed by atoms with Crippen molar-refractivity contribution in [3.05, 3.63) is 97.1 Å². The zero-order valence-corrected chi connectivity index (χ0v) is 19.5. The third-order valence-corrected chi connectivity index (χ3v) is 6.94.